The van der Waals surface area contributed by atoms with Gasteiger partial charge in [0.1, 0.15) is 11.9 Å². The number of carbonyl (C=O) groups is 1. The summed E-state index contributed by atoms with van der Waals surface area (Å²) in [4.78, 5) is 13.2. The molecule has 1 saturated heterocycles. The van der Waals surface area contributed by atoms with Crippen LogP contribution in [0.15, 0.2) is 24.3 Å². The summed E-state index contributed by atoms with van der Waals surface area (Å²) in [7, 11) is 1.64. The first-order chi connectivity index (χ1) is 9.17. The molecule has 2 N–H and O–H groups in total. The monoisotopic (exact) mass is 257 g/mol. The van der Waals surface area contributed by atoms with Crippen molar-refractivity contribution in [1.82, 2.24) is 10.2 Å². The molecule has 0 saturated carbocycles. The average molecular weight is 257 g/mol. The Morgan fingerprint density at radius 3 is 2.74 bits per heavy atom. The number of hydrogen-bond acceptors (Lipinski definition) is 3. The van der Waals surface area contributed by atoms with E-state index in [2.05, 4.69) is 11.2 Å². The summed E-state index contributed by atoms with van der Waals surface area (Å²) in [5, 5.41) is 10.3. The van der Waals surface area contributed by atoms with Gasteiger partial charge in [0.15, 0.2) is 0 Å². The number of ether oxygens (including phenoxy) is 1. The van der Waals surface area contributed by atoms with E-state index in [0.29, 0.717) is 6.61 Å². The van der Waals surface area contributed by atoms with E-state index in [9.17, 15) is 4.79 Å². The van der Waals surface area contributed by atoms with E-state index >= 15 is 0 Å². The van der Waals surface area contributed by atoms with Crippen molar-refractivity contribution in [1.29, 1.82) is 5.41 Å². The van der Waals surface area contributed by atoms with Gasteiger partial charge in [0.05, 0.1) is 13.2 Å². The van der Waals surface area contributed by atoms with Crippen molar-refractivity contribution in [2.24, 2.45) is 0 Å². The first kappa shape index (κ1) is 13.1. The highest BCUT2D eigenvalue weighted by Crippen LogP contribution is 2.25. The second-order valence-electron chi connectivity index (χ2n) is 4.25. The van der Waals surface area contributed by atoms with Crippen LogP contribution in [0.25, 0.3) is 0 Å². The molecule has 0 bridgehead atoms. The number of carbonyl (C=O) groups excluding carboxylic acids is 1. The van der Waals surface area contributed by atoms with E-state index in [0.717, 1.165) is 11.1 Å². The van der Waals surface area contributed by atoms with E-state index in [1.165, 1.54) is 4.90 Å². The quantitative estimate of drug-likeness (QED) is 0.803. The van der Waals surface area contributed by atoms with Crippen LogP contribution in [0.3, 0.4) is 0 Å². The Labute approximate surface area is 112 Å². The molecule has 98 valence electrons. The van der Waals surface area contributed by atoms with Gasteiger partial charge in [-0.25, -0.2) is 4.79 Å². The summed E-state index contributed by atoms with van der Waals surface area (Å²) in [6, 6.07) is 6.86. The van der Waals surface area contributed by atoms with Crippen LogP contribution in [-0.2, 0) is 11.3 Å². The molecule has 2 rings (SSSR count). The van der Waals surface area contributed by atoms with E-state index < -0.39 is 6.04 Å². The molecule has 1 heterocycles. The van der Waals surface area contributed by atoms with E-state index in [-0.39, 0.29) is 18.4 Å². The molecule has 1 aliphatic rings. The summed E-state index contributed by atoms with van der Waals surface area (Å²) in [5.74, 6) is 2.59. The number of nitrogens with one attached hydrogen (secondary N) is 2. The van der Waals surface area contributed by atoms with Crippen molar-refractivity contribution in [2.75, 3.05) is 13.7 Å². The SMILES string of the molecule is C#CCN1C(=O)NC(=N)C1c1ccc(COC)cc1. The molecule has 1 fully saturated rings. The fourth-order valence-corrected chi connectivity index (χ4v) is 2.10. The van der Waals surface area contributed by atoms with Crippen molar-refractivity contribution in [3.63, 3.8) is 0 Å². The fourth-order valence-electron chi connectivity index (χ4n) is 2.10. The second kappa shape index (κ2) is 5.55. The maximum Gasteiger partial charge on any atom is 0.324 e. The third-order valence-corrected chi connectivity index (χ3v) is 2.96. The number of methoxy groups -OCH3 is 1. The summed E-state index contributed by atoms with van der Waals surface area (Å²) in [6.07, 6.45) is 5.26. The first-order valence-electron chi connectivity index (χ1n) is 5.84. The number of urea groups is 1. The number of terminal acetylenes is 1. The zero-order chi connectivity index (χ0) is 13.8. The molecular formula is C14H15N3O2. The number of hydrogen-bond donors (Lipinski definition) is 2. The minimum absolute atomic E-state index is 0.153. The Balaban J connectivity index is 2.26. The zero-order valence-electron chi connectivity index (χ0n) is 10.6. The summed E-state index contributed by atoms with van der Waals surface area (Å²) < 4.78 is 5.05. The molecule has 1 atom stereocenters. The fraction of sp³-hybridized carbons (Fsp3) is 0.286. The Morgan fingerprint density at radius 1 is 1.47 bits per heavy atom. The minimum Gasteiger partial charge on any atom is -0.380 e. The normalized spacial score (nSPS) is 18.3. The van der Waals surface area contributed by atoms with Gasteiger partial charge >= 0.3 is 6.03 Å². The highest BCUT2D eigenvalue weighted by atomic mass is 16.5. The standard InChI is InChI=1S/C14H15N3O2/c1-3-8-17-12(13(15)16-14(17)18)11-6-4-10(5-7-11)9-19-2/h1,4-7,12H,8-9H2,2H3,(H2,15,16,18). The topological polar surface area (TPSA) is 65.4 Å². The lowest BCUT2D eigenvalue weighted by Crippen LogP contribution is -2.30. The van der Waals surface area contributed by atoms with Crippen LogP contribution in [0.5, 0.6) is 0 Å². The van der Waals surface area contributed by atoms with Gasteiger partial charge in [-0.1, -0.05) is 30.2 Å². The molecule has 0 spiro atoms. The average Bonchev–Trinajstić information content (AvgIpc) is 2.67. The van der Waals surface area contributed by atoms with Gasteiger partial charge in [-0.15, -0.1) is 6.42 Å². The number of benzene rings is 1. The molecule has 5 heteroatoms. The third-order valence-electron chi connectivity index (χ3n) is 2.96. The van der Waals surface area contributed by atoms with Gasteiger partial charge in [-0.05, 0) is 11.1 Å². The van der Waals surface area contributed by atoms with Crippen LogP contribution in [0.2, 0.25) is 0 Å². The van der Waals surface area contributed by atoms with E-state index in [4.69, 9.17) is 16.6 Å². The molecule has 1 aromatic rings. The summed E-state index contributed by atoms with van der Waals surface area (Å²) >= 11 is 0. The Morgan fingerprint density at radius 2 is 2.16 bits per heavy atom. The van der Waals surface area contributed by atoms with Gasteiger partial charge in [-0.2, -0.15) is 0 Å². The van der Waals surface area contributed by atoms with Crippen LogP contribution < -0.4 is 5.32 Å². The lowest BCUT2D eigenvalue weighted by Gasteiger charge is -2.20. The molecule has 5 nitrogen and oxygen atoms in total. The summed E-state index contributed by atoms with van der Waals surface area (Å²) in [5.41, 5.74) is 1.90. The van der Waals surface area contributed by atoms with Crippen molar-refractivity contribution in [3.8, 4) is 12.3 Å². The number of amidine groups is 1. The van der Waals surface area contributed by atoms with Gasteiger partial charge < -0.3 is 4.74 Å². The predicted octanol–water partition coefficient (Wildman–Crippen LogP) is 1.51. The Hall–Kier alpha value is -2.32. The van der Waals surface area contributed by atoms with Gasteiger partial charge in [0.2, 0.25) is 0 Å². The number of nitrogens with zero attached hydrogens (tertiary/aromatic N) is 1. The van der Waals surface area contributed by atoms with Gasteiger partial charge in [0.25, 0.3) is 0 Å². The van der Waals surface area contributed by atoms with Crippen molar-refractivity contribution >= 4 is 11.9 Å². The highest BCUT2D eigenvalue weighted by molar-refractivity contribution is 6.06. The molecule has 2 amide bonds. The van der Waals surface area contributed by atoms with Gasteiger partial charge in [-0.3, -0.25) is 15.6 Å². The number of amides is 2. The zero-order valence-corrected chi connectivity index (χ0v) is 10.6. The Bertz CT molecular complexity index is 531. The molecule has 1 aromatic carbocycles. The minimum atomic E-state index is -0.430. The molecule has 0 radical (unpaired) electrons. The third kappa shape index (κ3) is 2.59. The van der Waals surface area contributed by atoms with Crippen molar-refractivity contribution < 1.29 is 9.53 Å². The lowest BCUT2D eigenvalue weighted by molar-refractivity contribution is 0.185. The van der Waals surface area contributed by atoms with Crippen LogP contribution in [-0.4, -0.2) is 30.4 Å². The number of rotatable bonds is 4. The molecule has 0 aromatic heterocycles. The molecule has 1 unspecified atom stereocenters. The molecule has 0 aliphatic carbocycles. The van der Waals surface area contributed by atoms with Crippen molar-refractivity contribution in [3.05, 3.63) is 35.4 Å². The van der Waals surface area contributed by atoms with E-state index in [1.807, 2.05) is 24.3 Å². The largest absolute Gasteiger partial charge is 0.380 e. The van der Waals surface area contributed by atoms with E-state index in [1.54, 1.807) is 7.11 Å². The van der Waals surface area contributed by atoms with Crippen LogP contribution in [0.4, 0.5) is 4.79 Å². The Kier molecular flexibility index (Phi) is 3.83. The molecule has 19 heavy (non-hydrogen) atoms. The highest BCUT2D eigenvalue weighted by Gasteiger charge is 2.35. The van der Waals surface area contributed by atoms with Crippen LogP contribution in [0.1, 0.15) is 17.2 Å². The predicted molar refractivity (Wildman–Crippen MR) is 71.7 cm³/mol. The summed E-state index contributed by atoms with van der Waals surface area (Å²) in [6.45, 7) is 0.715. The molecule has 1 aliphatic heterocycles. The molecular weight excluding hydrogens is 242 g/mol. The first-order valence-corrected chi connectivity index (χ1v) is 5.84. The second-order valence-corrected chi connectivity index (χ2v) is 4.25. The lowest BCUT2D eigenvalue weighted by atomic mass is 10.0. The van der Waals surface area contributed by atoms with Crippen LogP contribution >= 0.6 is 0 Å². The maximum atomic E-state index is 11.7. The smallest absolute Gasteiger partial charge is 0.324 e. The van der Waals surface area contributed by atoms with Crippen LogP contribution in [0, 0.1) is 17.8 Å². The maximum absolute atomic E-state index is 11.7. The van der Waals surface area contributed by atoms with Crippen molar-refractivity contribution in [2.45, 2.75) is 12.6 Å². The van der Waals surface area contributed by atoms with Gasteiger partial charge in [0, 0.05) is 7.11 Å².